The van der Waals surface area contributed by atoms with E-state index in [-0.39, 0.29) is 5.75 Å². The summed E-state index contributed by atoms with van der Waals surface area (Å²) in [7, 11) is 0. The number of carbonyl (C=O) groups is 1. The lowest BCUT2D eigenvalue weighted by Gasteiger charge is -2.03. The lowest BCUT2D eigenvalue weighted by molar-refractivity contribution is -0.133. The minimum absolute atomic E-state index is 0.0437. The van der Waals surface area contributed by atoms with Gasteiger partial charge >= 0.3 is 5.97 Å². The Kier molecular flexibility index (Phi) is 4.55. The largest absolute Gasteiger partial charge is 0.481 e. The van der Waals surface area contributed by atoms with Gasteiger partial charge in [0.05, 0.1) is 5.75 Å². The zero-order valence-corrected chi connectivity index (χ0v) is 9.67. The monoisotopic (exact) mass is 226 g/mol. The summed E-state index contributed by atoms with van der Waals surface area (Å²) in [6.45, 7) is 3.91. The fourth-order valence-corrected chi connectivity index (χ4v) is 1.88. The average molecular weight is 226 g/mol. The van der Waals surface area contributed by atoms with Crippen molar-refractivity contribution >= 4 is 17.7 Å². The van der Waals surface area contributed by atoms with Gasteiger partial charge in [0.15, 0.2) is 0 Å². The van der Waals surface area contributed by atoms with Gasteiger partial charge in [-0.05, 0) is 19.4 Å². The van der Waals surface area contributed by atoms with Crippen molar-refractivity contribution in [2.75, 3.05) is 5.75 Å². The van der Waals surface area contributed by atoms with Crippen molar-refractivity contribution in [1.82, 2.24) is 9.97 Å². The third-order valence-corrected chi connectivity index (χ3v) is 2.61. The summed E-state index contributed by atoms with van der Waals surface area (Å²) < 4.78 is 0. The number of thioether (sulfide) groups is 1. The van der Waals surface area contributed by atoms with E-state index in [4.69, 9.17) is 5.11 Å². The zero-order chi connectivity index (χ0) is 11.3. The van der Waals surface area contributed by atoms with Crippen molar-refractivity contribution in [2.24, 2.45) is 0 Å². The van der Waals surface area contributed by atoms with Crippen LogP contribution in [0.5, 0.6) is 0 Å². The Balaban J connectivity index is 2.74. The fourth-order valence-electron chi connectivity index (χ4n) is 1.19. The van der Waals surface area contributed by atoms with E-state index in [0.717, 1.165) is 23.6 Å². The van der Waals surface area contributed by atoms with Crippen LogP contribution < -0.4 is 0 Å². The second-order valence-electron chi connectivity index (χ2n) is 3.18. The Bertz CT molecular complexity index is 355. The number of hydrogen-bond donors (Lipinski definition) is 1. The molecule has 0 fully saturated rings. The smallest absolute Gasteiger partial charge is 0.313 e. The maximum Gasteiger partial charge on any atom is 0.313 e. The Morgan fingerprint density at radius 1 is 1.53 bits per heavy atom. The van der Waals surface area contributed by atoms with Gasteiger partial charge in [-0.3, -0.25) is 4.79 Å². The minimum Gasteiger partial charge on any atom is -0.481 e. The highest BCUT2D eigenvalue weighted by atomic mass is 32.2. The van der Waals surface area contributed by atoms with Gasteiger partial charge in [-0.2, -0.15) is 0 Å². The van der Waals surface area contributed by atoms with Crippen LogP contribution in [-0.2, 0) is 11.2 Å². The highest BCUT2D eigenvalue weighted by Gasteiger charge is 2.04. The van der Waals surface area contributed by atoms with Crippen LogP contribution in [0.1, 0.15) is 24.9 Å². The number of carboxylic acids is 1. The van der Waals surface area contributed by atoms with Gasteiger partial charge in [-0.1, -0.05) is 25.1 Å². The van der Waals surface area contributed by atoms with Gasteiger partial charge < -0.3 is 5.11 Å². The minimum atomic E-state index is -0.826. The molecular formula is C10H14N2O2S. The molecule has 1 heterocycles. The molecule has 0 aliphatic heterocycles. The Morgan fingerprint density at radius 3 is 2.87 bits per heavy atom. The standard InChI is InChI=1S/C10H14N2O2S/c1-3-4-8-5-9(12-7(2)11-8)15-6-10(13)14/h5H,3-4,6H2,1-2H3,(H,13,14). The van der Waals surface area contributed by atoms with Crippen molar-refractivity contribution in [1.29, 1.82) is 0 Å². The summed E-state index contributed by atoms with van der Waals surface area (Å²) >= 11 is 1.23. The number of carboxylic acid groups (broad SMARTS) is 1. The van der Waals surface area contributed by atoms with Crippen molar-refractivity contribution in [3.05, 3.63) is 17.6 Å². The summed E-state index contributed by atoms with van der Waals surface area (Å²) in [4.78, 5) is 18.9. The van der Waals surface area contributed by atoms with Gasteiger partial charge in [0.25, 0.3) is 0 Å². The molecule has 0 spiro atoms. The molecule has 0 saturated carbocycles. The molecular weight excluding hydrogens is 212 g/mol. The van der Waals surface area contributed by atoms with Crippen LogP contribution in [0, 0.1) is 6.92 Å². The van der Waals surface area contributed by atoms with Crippen molar-refractivity contribution in [3.8, 4) is 0 Å². The van der Waals surface area contributed by atoms with Crippen LogP contribution in [0.25, 0.3) is 0 Å². The van der Waals surface area contributed by atoms with E-state index in [0.29, 0.717) is 5.82 Å². The van der Waals surface area contributed by atoms with Crippen molar-refractivity contribution in [3.63, 3.8) is 0 Å². The van der Waals surface area contributed by atoms with Crippen LogP contribution in [0.15, 0.2) is 11.1 Å². The average Bonchev–Trinajstić information content (AvgIpc) is 2.14. The van der Waals surface area contributed by atoms with Crippen LogP contribution >= 0.6 is 11.8 Å². The van der Waals surface area contributed by atoms with Crippen LogP contribution in [-0.4, -0.2) is 26.8 Å². The second kappa shape index (κ2) is 5.70. The van der Waals surface area contributed by atoms with E-state index >= 15 is 0 Å². The molecule has 0 amide bonds. The highest BCUT2D eigenvalue weighted by Crippen LogP contribution is 2.16. The summed E-state index contributed by atoms with van der Waals surface area (Å²) in [5.74, 6) is -0.0793. The van der Waals surface area contributed by atoms with Gasteiger partial charge in [0.1, 0.15) is 10.9 Å². The molecule has 0 unspecified atom stereocenters. The molecule has 1 N–H and O–H groups in total. The fraction of sp³-hybridized carbons (Fsp3) is 0.500. The van der Waals surface area contributed by atoms with Crippen LogP contribution in [0.3, 0.4) is 0 Å². The van der Waals surface area contributed by atoms with E-state index < -0.39 is 5.97 Å². The quantitative estimate of drug-likeness (QED) is 0.614. The molecule has 0 aliphatic carbocycles. The molecule has 1 rings (SSSR count). The normalized spacial score (nSPS) is 10.3. The first-order valence-electron chi connectivity index (χ1n) is 4.81. The summed E-state index contributed by atoms with van der Waals surface area (Å²) in [6.07, 6.45) is 1.93. The van der Waals surface area contributed by atoms with E-state index in [1.54, 1.807) is 0 Å². The van der Waals surface area contributed by atoms with E-state index in [1.165, 1.54) is 11.8 Å². The SMILES string of the molecule is CCCc1cc(SCC(=O)O)nc(C)n1. The summed E-state index contributed by atoms with van der Waals surface area (Å²) in [6, 6.07) is 1.87. The van der Waals surface area contributed by atoms with Crippen molar-refractivity contribution < 1.29 is 9.90 Å². The molecule has 1 aromatic rings. The lowest BCUT2D eigenvalue weighted by Crippen LogP contribution is -2.01. The summed E-state index contributed by atoms with van der Waals surface area (Å²) in [5.41, 5.74) is 0.984. The lowest BCUT2D eigenvalue weighted by atomic mass is 10.2. The molecule has 0 aromatic carbocycles. The number of nitrogens with zero attached hydrogens (tertiary/aromatic N) is 2. The second-order valence-corrected chi connectivity index (χ2v) is 4.17. The third kappa shape index (κ3) is 4.29. The molecule has 5 heteroatoms. The number of aryl methyl sites for hydroxylation is 2. The molecule has 0 bridgehead atoms. The first-order valence-corrected chi connectivity index (χ1v) is 5.79. The van der Waals surface area contributed by atoms with E-state index in [1.807, 2.05) is 13.0 Å². The number of aliphatic carboxylic acids is 1. The number of aromatic nitrogens is 2. The predicted molar refractivity (Wildman–Crippen MR) is 59.1 cm³/mol. The molecule has 0 saturated heterocycles. The number of hydrogen-bond acceptors (Lipinski definition) is 4. The van der Waals surface area contributed by atoms with Crippen LogP contribution in [0.2, 0.25) is 0 Å². The Labute approximate surface area is 93.1 Å². The molecule has 4 nitrogen and oxygen atoms in total. The highest BCUT2D eigenvalue weighted by molar-refractivity contribution is 7.99. The molecule has 1 aromatic heterocycles. The van der Waals surface area contributed by atoms with Crippen LogP contribution in [0.4, 0.5) is 0 Å². The Morgan fingerprint density at radius 2 is 2.27 bits per heavy atom. The Hall–Kier alpha value is -1.10. The van der Waals surface area contributed by atoms with Crippen molar-refractivity contribution in [2.45, 2.75) is 31.7 Å². The first-order chi connectivity index (χ1) is 7.11. The molecule has 0 aliphatic rings. The van der Waals surface area contributed by atoms with Gasteiger partial charge in [-0.15, -0.1) is 0 Å². The predicted octanol–water partition coefficient (Wildman–Crippen LogP) is 1.91. The van der Waals surface area contributed by atoms with E-state index in [9.17, 15) is 4.79 Å². The van der Waals surface area contributed by atoms with Gasteiger partial charge in [0, 0.05) is 5.69 Å². The third-order valence-electron chi connectivity index (χ3n) is 1.72. The topological polar surface area (TPSA) is 63.1 Å². The maximum absolute atomic E-state index is 10.4. The molecule has 82 valence electrons. The maximum atomic E-state index is 10.4. The summed E-state index contributed by atoms with van der Waals surface area (Å²) in [5, 5.41) is 9.30. The molecule has 15 heavy (non-hydrogen) atoms. The number of rotatable bonds is 5. The van der Waals surface area contributed by atoms with E-state index in [2.05, 4.69) is 16.9 Å². The van der Waals surface area contributed by atoms with Gasteiger partial charge in [0.2, 0.25) is 0 Å². The molecule has 0 atom stereocenters. The zero-order valence-electron chi connectivity index (χ0n) is 8.86. The molecule has 0 radical (unpaired) electrons. The van der Waals surface area contributed by atoms with Gasteiger partial charge in [-0.25, -0.2) is 9.97 Å². The first kappa shape index (κ1) is 12.0.